The average Bonchev–Trinajstić information content (AvgIpc) is 2.90. The second-order valence-electron chi connectivity index (χ2n) is 5.03. The number of guanidine groups is 1. The van der Waals surface area contributed by atoms with Crippen molar-refractivity contribution in [1.82, 2.24) is 25.4 Å². The third-order valence-electron chi connectivity index (χ3n) is 3.43. The zero-order valence-electron chi connectivity index (χ0n) is 13.1. The molecule has 0 atom stereocenters. The number of rotatable bonds is 5. The summed E-state index contributed by atoms with van der Waals surface area (Å²) in [5.74, 6) is 1.33. The molecule has 0 bridgehead atoms. The molecule has 22 heavy (non-hydrogen) atoms. The number of benzene rings is 1. The van der Waals surface area contributed by atoms with Gasteiger partial charge in [0.25, 0.3) is 0 Å². The Balaban J connectivity index is 1.80. The Bertz CT molecular complexity index is 649. The molecular formula is C15H21FN6. The number of nitrogens with zero attached hydrogens (tertiary/aromatic N) is 4. The summed E-state index contributed by atoms with van der Waals surface area (Å²) in [6.07, 6.45) is 2.46. The van der Waals surface area contributed by atoms with Crippen molar-refractivity contribution in [3.05, 3.63) is 47.3 Å². The molecule has 2 aromatic rings. The van der Waals surface area contributed by atoms with Crippen LogP contribution in [0.15, 0.2) is 29.5 Å². The zero-order valence-corrected chi connectivity index (χ0v) is 13.1. The predicted octanol–water partition coefficient (Wildman–Crippen LogP) is 1.17. The normalized spacial score (nSPS) is 11.5. The highest BCUT2D eigenvalue weighted by molar-refractivity contribution is 5.79. The highest BCUT2D eigenvalue weighted by Gasteiger charge is 2.04. The SMILES string of the molecule is CN=C(NCCc1ccc(F)cc1C)NCc1nncn1C. The Labute approximate surface area is 129 Å². The van der Waals surface area contributed by atoms with Crippen LogP contribution in [-0.4, -0.2) is 34.3 Å². The Kier molecular flexibility index (Phi) is 5.46. The summed E-state index contributed by atoms with van der Waals surface area (Å²) in [7, 11) is 3.61. The van der Waals surface area contributed by atoms with Gasteiger partial charge in [0.2, 0.25) is 0 Å². The van der Waals surface area contributed by atoms with Gasteiger partial charge in [0.15, 0.2) is 11.8 Å². The van der Waals surface area contributed by atoms with Gasteiger partial charge in [0, 0.05) is 20.6 Å². The van der Waals surface area contributed by atoms with Crippen LogP contribution in [0.4, 0.5) is 4.39 Å². The van der Waals surface area contributed by atoms with Crippen molar-refractivity contribution >= 4 is 5.96 Å². The highest BCUT2D eigenvalue weighted by atomic mass is 19.1. The van der Waals surface area contributed by atoms with E-state index in [0.29, 0.717) is 19.0 Å². The van der Waals surface area contributed by atoms with Crippen molar-refractivity contribution in [2.24, 2.45) is 12.0 Å². The summed E-state index contributed by atoms with van der Waals surface area (Å²) >= 11 is 0. The smallest absolute Gasteiger partial charge is 0.191 e. The first-order valence-electron chi connectivity index (χ1n) is 7.12. The molecule has 7 heteroatoms. The van der Waals surface area contributed by atoms with Crippen LogP contribution in [0, 0.1) is 12.7 Å². The molecule has 0 saturated heterocycles. The van der Waals surface area contributed by atoms with E-state index in [4.69, 9.17) is 0 Å². The summed E-state index contributed by atoms with van der Waals surface area (Å²) in [6, 6.07) is 4.86. The van der Waals surface area contributed by atoms with Crippen LogP contribution in [0.25, 0.3) is 0 Å². The maximum atomic E-state index is 13.1. The van der Waals surface area contributed by atoms with E-state index in [9.17, 15) is 4.39 Å². The van der Waals surface area contributed by atoms with Crippen LogP contribution in [0.1, 0.15) is 17.0 Å². The minimum absolute atomic E-state index is 0.199. The number of hydrogen-bond donors (Lipinski definition) is 2. The van der Waals surface area contributed by atoms with E-state index >= 15 is 0 Å². The molecule has 0 amide bonds. The first kappa shape index (κ1) is 15.9. The quantitative estimate of drug-likeness (QED) is 0.643. The van der Waals surface area contributed by atoms with Gasteiger partial charge in [-0.15, -0.1) is 10.2 Å². The first-order valence-corrected chi connectivity index (χ1v) is 7.12. The molecule has 6 nitrogen and oxygen atoms in total. The lowest BCUT2D eigenvalue weighted by atomic mass is 10.1. The monoisotopic (exact) mass is 304 g/mol. The van der Waals surface area contributed by atoms with Gasteiger partial charge in [-0.05, 0) is 36.6 Å². The topological polar surface area (TPSA) is 67.1 Å². The molecule has 0 aliphatic carbocycles. The lowest BCUT2D eigenvalue weighted by Gasteiger charge is -2.12. The summed E-state index contributed by atoms with van der Waals surface area (Å²) < 4.78 is 14.9. The largest absolute Gasteiger partial charge is 0.356 e. The van der Waals surface area contributed by atoms with E-state index in [1.807, 2.05) is 24.6 Å². The van der Waals surface area contributed by atoms with Crippen LogP contribution in [-0.2, 0) is 20.0 Å². The molecule has 0 fully saturated rings. The average molecular weight is 304 g/mol. The van der Waals surface area contributed by atoms with E-state index in [1.54, 1.807) is 19.4 Å². The van der Waals surface area contributed by atoms with E-state index in [1.165, 1.54) is 6.07 Å². The molecule has 0 aliphatic rings. The van der Waals surface area contributed by atoms with Gasteiger partial charge in [-0.3, -0.25) is 4.99 Å². The van der Waals surface area contributed by atoms with Gasteiger partial charge in [0.1, 0.15) is 12.1 Å². The highest BCUT2D eigenvalue weighted by Crippen LogP contribution is 2.10. The van der Waals surface area contributed by atoms with Crippen molar-refractivity contribution < 1.29 is 4.39 Å². The molecule has 0 spiro atoms. The van der Waals surface area contributed by atoms with Gasteiger partial charge >= 0.3 is 0 Å². The first-order chi connectivity index (χ1) is 10.6. The number of hydrogen-bond acceptors (Lipinski definition) is 3. The predicted molar refractivity (Wildman–Crippen MR) is 84.0 cm³/mol. The van der Waals surface area contributed by atoms with E-state index in [-0.39, 0.29) is 5.82 Å². The van der Waals surface area contributed by atoms with Crippen LogP contribution in [0.5, 0.6) is 0 Å². The number of aliphatic imine (C=N–C) groups is 1. The fourth-order valence-corrected chi connectivity index (χ4v) is 2.11. The molecule has 1 aromatic carbocycles. The third kappa shape index (κ3) is 4.28. The number of nitrogens with one attached hydrogen (secondary N) is 2. The lowest BCUT2D eigenvalue weighted by molar-refractivity contribution is 0.625. The van der Waals surface area contributed by atoms with Crippen molar-refractivity contribution in [2.45, 2.75) is 19.9 Å². The maximum absolute atomic E-state index is 13.1. The Hall–Kier alpha value is -2.44. The molecule has 0 unspecified atom stereocenters. The minimum Gasteiger partial charge on any atom is -0.356 e. The maximum Gasteiger partial charge on any atom is 0.191 e. The molecule has 0 radical (unpaired) electrons. The van der Waals surface area contributed by atoms with E-state index < -0.39 is 0 Å². The molecule has 1 aromatic heterocycles. The Morgan fingerprint density at radius 1 is 1.36 bits per heavy atom. The molecule has 0 aliphatic heterocycles. The van der Waals surface area contributed by atoms with Crippen molar-refractivity contribution in [2.75, 3.05) is 13.6 Å². The van der Waals surface area contributed by atoms with Gasteiger partial charge in [-0.2, -0.15) is 0 Å². The number of aryl methyl sites for hydroxylation is 2. The standard InChI is InChI=1S/C15H21FN6/c1-11-8-13(16)5-4-12(11)6-7-18-15(17-2)19-9-14-21-20-10-22(14)3/h4-5,8,10H,6-7,9H2,1-3H3,(H2,17,18,19). The molecule has 0 saturated carbocycles. The number of aromatic nitrogens is 3. The molecule has 1 heterocycles. The summed E-state index contributed by atoms with van der Waals surface area (Å²) in [5, 5.41) is 14.2. The van der Waals surface area contributed by atoms with Gasteiger partial charge in [-0.25, -0.2) is 4.39 Å². The molecule has 2 N–H and O–H groups in total. The van der Waals surface area contributed by atoms with Crippen LogP contribution >= 0.6 is 0 Å². The lowest BCUT2D eigenvalue weighted by Crippen LogP contribution is -2.38. The van der Waals surface area contributed by atoms with E-state index in [2.05, 4.69) is 25.8 Å². The molecule has 2 rings (SSSR count). The summed E-state index contributed by atoms with van der Waals surface area (Å²) in [5.41, 5.74) is 2.08. The minimum atomic E-state index is -0.199. The Morgan fingerprint density at radius 2 is 2.18 bits per heavy atom. The van der Waals surface area contributed by atoms with Crippen molar-refractivity contribution in [3.63, 3.8) is 0 Å². The van der Waals surface area contributed by atoms with Gasteiger partial charge in [0.05, 0.1) is 6.54 Å². The van der Waals surface area contributed by atoms with Crippen molar-refractivity contribution in [1.29, 1.82) is 0 Å². The van der Waals surface area contributed by atoms with Crippen LogP contribution in [0.3, 0.4) is 0 Å². The fourth-order valence-electron chi connectivity index (χ4n) is 2.11. The van der Waals surface area contributed by atoms with Gasteiger partial charge in [-0.1, -0.05) is 6.07 Å². The molecular weight excluding hydrogens is 283 g/mol. The van der Waals surface area contributed by atoms with Crippen LogP contribution < -0.4 is 10.6 Å². The zero-order chi connectivity index (χ0) is 15.9. The summed E-state index contributed by atoms with van der Waals surface area (Å²) in [6.45, 7) is 3.18. The second kappa shape index (κ2) is 7.53. The fraction of sp³-hybridized carbons (Fsp3) is 0.400. The van der Waals surface area contributed by atoms with Crippen molar-refractivity contribution in [3.8, 4) is 0 Å². The second-order valence-corrected chi connectivity index (χ2v) is 5.03. The van der Waals surface area contributed by atoms with E-state index in [0.717, 1.165) is 23.4 Å². The summed E-state index contributed by atoms with van der Waals surface area (Å²) in [4.78, 5) is 4.16. The van der Waals surface area contributed by atoms with Crippen LogP contribution in [0.2, 0.25) is 0 Å². The van der Waals surface area contributed by atoms with Gasteiger partial charge < -0.3 is 15.2 Å². The molecule has 118 valence electrons. The third-order valence-corrected chi connectivity index (χ3v) is 3.43. The Morgan fingerprint density at radius 3 is 2.82 bits per heavy atom. The number of halogens is 1.